The highest BCUT2D eigenvalue weighted by Crippen LogP contribution is 2.41. The zero-order valence-corrected chi connectivity index (χ0v) is 24.1. The van der Waals surface area contributed by atoms with Gasteiger partial charge in [0.1, 0.15) is 23.4 Å². The van der Waals surface area contributed by atoms with E-state index in [1.807, 2.05) is 30.3 Å². The first kappa shape index (κ1) is 29.4. The summed E-state index contributed by atoms with van der Waals surface area (Å²) >= 11 is 0. The molecule has 0 bridgehead atoms. The van der Waals surface area contributed by atoms with Crippen molar-refractivity contribution in [3.05, 3.63) is 65.7 Å². The fraction of sp³-hybridized carbons (Fsp3) is 0.531. The minimum Gasteiger partial charge on any atom is -0.508 e. The molecule has 0 spiro atoms. The minimum atomic E-state index is -0.971. The molecule has 8 heteroatoms. The molecule has 0 radical (unpaired) electrons. The van der Waals surface area contributed by atoms with E-state index in [0.29, 0.717) is 0 Å². The molecule has 8 nitrogen and oxygen atoms in total. The number of aromatic hydroxyl groups is 1. The third-order valence-corrected chi connectivity index (χ3v) is 7.64. The zero-order valence-electron chi connectivity index (χ0n) is 24.1. The summed E-state index contributed by atoms with van der Waals surface area (Å²) in [6.45, 7) is 7.37. The molecule has 0 saturated heterocycles. The molecular formula is C32H43N3O5. The Hall–Kier alpha value is -3.55. The summed E-state index contributed by atoms with van der Waals surface area (Å²) < 4.78 is 5.51. The van der Waals surface area contributed by atoms with Crippen molar-refractivity contribution < 1.29 is 24.2 Å². The number of alkyl carbamates (subject to hydrolysis) is 1. The first-order chi connectivity index (χ1) is 19.0. The Bertz CT molecular complexity index is 1160. The van der Waals surface area contributed by atoms with Gasteiger partial charge in [-0.3, -0.25) is 9.59 Å². The average Bonchev–Trinajstić information content (AvgIpc) is 3.63. The van der Waals surface area contributed by atoms with Crippen LogP contribution in [-0.2, 0) is 20.7 Å². The number of hydrogen-bond donors (Lipinski definition) is 3. The molecule has 2 saturated carbocycles. The highest BCUT2D eigenvalue weighted by molar-refractivity contribution is 5.93. The molecular weight excluding hydrogens is 506 g/mol. The lowest BCUT2D eigenvalue weighted by molar-refractivity contribution is -0.143. The lowest BCUT2D eigenvalue weighted by atomic mass is 9.94. The second-order valence-electron chi connectivity index (χ2n) is 12.3. The number of phenolic OH excluding ortho intramolecular Hbond substituents is 1. The maximum absolute atomic E-state index is 14.5. The van der Waals surface area contributed by atoms with Crippen LogP contribution in [0.25, 0.3) is 0 Å². The number of phenols is 1. The number of ether oxygens (including phenoxy) is 1. The summed E-state index contributed by atoms with van der Waals surface area (Å²) in [5, 5.41) is 15.8. The molecule has 3 N–H and O–H groups in total. The summed E-state index contributed by atoms with van der Waals surface area (Å²) in [6.07, 6.45) is 5.47. The lowest BCUT2D eigenvalue weighted by Gasteiger charge is -2.36. The van der Waals surface area contributed by atoms with Crippen LogP contribution >= 0.6 is 0 Å². The Morgan fingerprint density at radius 1 is 1.00 bits per heavy atom. The standard InChI is InChI=1S/C32H43N3O5/c1-21-19-27(21)35(28(23-11-7-5-8-12-23)29(37)33-24-13-9-6-10-14-24)30(38)26(34-31(39)40-32(2,3)4)20-22-15-17-25(36)18-16-22/h5,7-8,11-12,15-18,21,24,26-28,36H,6,9-10,13-14,19-20H2,1-4H3,(H,33,37)(H,34,39). The number of nitrogens with zero attached hydrogens (tertiary/aromatic N) is 1. The molecule has 2 aromatic carbocycles. The number of nitrogens with one attached hydrogen (secondary N) is 2. The lowest BCUT2D eigenvalue weighted by Crippen LogP contribution is -2.55. The molecule has 0 heterocycles. The van der Waals surface area contributed by atoms with E-state index in [-0.39, 0.29) is 42.0 Å². The molecule has 40 heavy (non-hydrogen) atoms. The average molecular weight is 550 g/mol. The Balaban J connectivity index is 1.68. The fourth-order valence-electron chi connectivity index (χ4n) is 5.47. The van der Waals surface area contributed by atoms with Crippen molar-refractivity contribution in [2.75, 3.05) is 0 Å². The van der Waals surface area contributed by atoms with Gasteiger partial charge in [-0.25, -0.2) is 4.79 Å². The van der Waals surface area contributed by atoms with Gasteiger partial charge in [0.05, 0.1) is 0 Å². The van der Waals surface area contributed by atoms with E-state index in [0.717, 1.165) is 43.2 Å². The Morgan fingerprint density at radius 3 is 2.20 bits per heavy atom. The molecule has 0 aromatic heterocycles. The van der Waals surface area contributed by atoms with Gasteiger partial charge >= 0.3 is 6.09 Å². The maximum atomic E-state index is 14.5. The molecule has 2 aliphatic carbocycles. The van der Waals surface area contributed by atoms with E-state index >= 15 is 0 Å². The predicted octanol–water partition coefficient (Wildman–Crippen LogP) is 5.26. The Kier molecular flexibility index (Phi) is 9.38. The SMILES string of the molecule is CC1CC1N(C(=O)C(Cc1ccc(O)cc1)NC(=O)OC(C)(C)C)C(C(=O)NC1CCCCC1)c1ccccc1. The highest BCUT2D eigenvalue weighted by atomic mass is 16.6. The summed E-state index contributed by atoms with van der Waals surface area (Å²) in [4.78, 5) is 43.1. The van der Waals surface area contributed by atoms with Crippen LogP contribution in [0.4, 0.5) is 4.79 Å². The summed E-state index contributed by atoms with van der Waals surface area (Å²) in [7, 11) is 0. The number of carbonyl (C=O) groups is 3. The van der Waals surface area contributed by atoms with Crippen LogP contribution < -0.4 is 10.6 Å². The Labute approximate surface area is 237 Å². The fourth-order valence-corrected chi connectivity index (χ4v) is 5.47. The van der Waals surface area contributed by atoms with Gasteiger partial charge in [-0.1, -0.05) is 68.7 Å². The number of hydrogen-bond acceptors (Lipinski definition) is 5. The minimum absolute atomic E-state index is 0.0914. The van der Waals surface area contributed by atoms with Crippen molar-refractivity contribution >= 4 is 17.9 Å². The van der Waals surface area contributed by atoms with E-state index in [1.54, 1.807) is 49.9 Å². The number of carbonyl (C=O) groups excluding carboxylic acids is 3. The van der Waals surface area contributed by atoms with Crippen LogP contribution in [0.2, 0.25) is 0 Å². The van der Waals surface area contributed by atoms with Crippen LogP contribution in [0.1, 0.15) is 83.4 Å². The first-order valence-electron chi connectivity index (χ1n) is 14.5. The summed E-state index contributed by atoms with van der Waals surface area (Å²) in [5.74, 6) is -0.177. The number of amides is 3. The van der Waals surface area contributed by atoms with Crippen LogP contribution in [-0.4, -0.2) is 51.6 Å². The van der Waals surface area contributed by atoms with Gasteiger partial charge in [0, 0.05) is 18.5 Å². The summed E-state index contributed by atoms with van der Waals surface area (Å²) in [5.41, 5.74) is 0.760. The topological polar surface area (TPSA) is 108 Å². The van der Waals surface area contributed by atoms with E-state index in [1.165, 1.54) is 6.42 Å². The van der Waals surface area contributed by atoms with Crippen LogP contribution in [0.3, 0.4) is 0 Å². The van der Waals surface area contributed by atoms with Crippen molar-refractivity contribution in [1.82, 2.24) is 15.5 Å². The van der Waals surface area contributed by atoms with Gasteiger partial charge in [-0.15, -0.1) is 0 Å². The summed E-state index contributed by atoms with van der Waals surface area (Å²) in [6, 6.07) is 14.1. The first-order valence-corrected chi connectivity index (χ1v) is 14.5. The smallest absolute Gasteiger partial charge is 0.408 e. The highest BCUT2D eigenvalue weighted by Gasteiger charge is 2.48. The molecule has 3 amide bonds. The molecule has 2 fully saturated rings. The van der Waals surface area contributed by atoms with Crippen molar-refractivity contribution in [2.24, 2.45) is 5.92 Å². The van der Waals surface area contributed by atoms with Gasteiger partial charge in [0.15, 0.2) is 0 Å². The third-order valence-electron chi connectivity index (χ3n) is 7.64. The number of benzene rings is 2. The largest absolute Gasteiger partial charge is 0.508 e. The second kappa shape index (κ2) is 12.7. The third kappa shape index (κ3) is 7.99. The van der Waals surface area contributed by atoms with Crippen molar-refractivity contribution in [1.29, 1.82) is 0 Å². The van der Waals surface area contributed by atoms with E-state index in [9.17, 15) is 19.5 Å². The van der Waals surface area contributed by atoms with E-state index < -0.39 is 23.8 Å². The molecule has 4 atom stereocenters. The molecule has 0 aliphatic heterocycles. The predicted molar refractivity (Wildman–Crippen MR) is 154 cm³/mol. The van der Waals surface area contributed by atoms with Crippen molar-refractivity contribution in [3.63, 3.8) is 0 Å². The van der Waals surface area contributed by atoms with Gasteiger partial charge in [0.25, 0.3) is 0 Å². The second-order valence-corrected chi connectivity index (χ2v) is 12.3. The molecule has 2 aromatic rings. The normalized spacial score (nSPS) is 20.6. The van der Waals surface area contributed by atoms with Crippen molar-refractivity contribution in [2.45, 2.75) is 102 Å². The van der Waals surface area contributed by atoms with Gasteiger partial charge < -0.3 is 25.4 Å². The van der Waals surface area contributed by atoms with E-state index in [4.69, 9.17) is 4.74 Å². The molecule has 216 valence electrons. The quantitative estimate of drug-likeness (QED) is 0.396. The molecule has 4 rings (SSSR count). The number of rotatable bonds is 9. The zero-order chi connectivity index (χ0) is 28.9. The molecule has 2 aliphatic rings. The Morgan fingerprint density at radius 2 is 1.62 bits per heavy atom. The maximum Gasteiger partial charge on any atom is 0.408 e. The molecule has 4 unspecified atom stereocenters. The van der Waals surface area contributed by atoms with E-state index in [2.05, 4.69) is 17.6 Å². The van der Waals surface area contributed by atoms with Gasteiger partial charge in [-0.05, 0) is 69.2 Å². The van der Waals surface area contributed by atoms with Crippen molar-refractivity contribution in [3.8, 4) is 5.75 Å². The van der Waals surface area contributed by atoms with Crippen LogP contribution in [0.15, 0.2) is 54.6 Å². The monoisotopic (exact) mass is 549 g/mol. The van der Waals surface area contributed by atoms with Crippen LogP contribution in [0.5, 0.6) is 5.75 Å². The van der Waals surface area contributed by atoms with Gasteiger partial charge in [0.2, 0.25) is 11.8 Å². The van der Waals surface area contributed by atoms with Gasteiger partial charge in [-0.2, -0.15) is 0 Å². The van der Waals surface area contributed by atoms with Crippen LogP contribution in [0, 0.1) is 5.92 Å².